The van der Waals surface area contributed by atoms with Crippen LogP contribution in [0.3, 0.4) is 0 Å². The summed E-state index contributed by atoms with van der Waals surface area (Å²) < 4.78 is 13.7. The fraction of sp³-hybridized carbons (Fsp3) is 0.615. The number of pyridine rings is 1. The summed E-state index contributed by atoms with van der Waals surface area (Å²) in [5, 5.41) is 0. The molecule has 1 aromatic rings. The molecule has 1 aliphatic rings. The van der Waals surface area contributed by atoms with Crippen molar-refractivity contribution in [1.29, 1.82) is 0 Å². The number of hydrogen-bond donors (Lipinski definition) is 1. The molecule has 1 saturated carbocycles. The van der Waals surface area contributed by atoms with E-state index in [1.807, 2.05) is 0 Å². The molecule has 1 atom stereocenters. The highest BCUT2D eigenvalue weighted by atomic mass is 19.1. The van der Waals surface area contributed by atoms with Gasteiger partial charge < -0.3 is 5.73 Å². The van der Waals surface area contributed by atoms with Gasteiger partial charge >= 0.3 is 0 Å². The van der Waals surface area contributed by atoms with E-state index in [9.17, 15) is 4.39 Å². The highest BCUT2D eigenvalue weighted by Crippen LogP contribution is 2.44. The average Bonchev–Trinajstić information content (AvgIpc) is 2.16. The van der Waals surface area contributed by atoms with Gasteiger partial charge in [0.15, 0.2) is 0 Å². The number of halogens is 1. The Kier molecular flexibility index (Phi) is 2.74. The largest absolute Gasteiger partial charge is 0.321 e. The Labute approximate surface area is 96.1 Å². The molecule has 2 rings (SSSR count). The molecule has 0 spiro atoms. The maximum Gasteiger partial charge on any atom is 0.146 e. The highest BCUT2D eigenvalue weighted by molar-refractivity contribution is 5.24. The lowest BCUT2D eigenvalue weighted by Gasteiger charge is -2.43. The predicted octanol–water partition coefficient (Wildman–Crippen LogP) is 2.97. The van der Waals surface area contributed by atoms with Gasteiger partial charge in [-0.25, -0.2) is 4.39 Å². The maximum absolute atomic E-state index is 13.7. The predicted molar refractivity (Wildman–Crippen MR) is 62.3 cm³/mol. The average molecular weight is 222 g/mol. The number of nitrogens with zero attached hydrogens (tertiary/aromatic N) is 1. The number of aromatic nitrogens is 1. The van der Waals surface area contributed by atoms with Crippen molar-refractivity contribution in [3.05, 3.63) is 29.8 Å². The van der Waals surface area contributed by atoms with Gasteiger partial charge in [0.05, 0.1) is 6.20 Å². The third-order valence-electron chi connectivity index (χ3n) is 3.58. The van der Waals surface area contributed by atoms with Gasteiger partial charge in [0.25, 0.3) is 0 Å². The second kappa shape index (κ2) is 3.81. The van der Waals surface area contributed by atoms with Gasteiger partial charge in [0.2, 0.25) is 0 Å². The van der Waals surface area contributed by atoms with Crippen molar-refractivity contribution >= 4 is 0 Å². The van der Waals surface area contributed by atoms with Crippen molar-refractivity contribution in [3.8, 4) is 0 Å². The van der Waals surface area contributed by atoms with E-state index in [-0.39, 0.29) is 11.2 Å². The van der Waals surface area contributed by atoms with Crippen LogP contribution in [0.25, 0.3) is 0 Å². The first-order valence-electron chi connectivity index (χ1n) is 5.82. The summed E-state index contributed by atoms with van der Waals surface area (Å²) in [6, 6.07) is 1.72. The fourth-order valence-corrected chi connectivity index (χ4v) is 2.92. The van der Waals surface area contributed by atoms with E-state index in [0.717, 1.165) is 19.3 Å². The van der Waals surface area contributed by atoms with Crippen molar-refractivity contribution in [2.24, 2.45) is 11.1 Å². The third-order valence-corrected chi connectivity index (χ3v) is 3.58. The molecule has 1 fully saturated rings. The zero-order chi connectivity index (χ0) is 11.8. The van der Waals surface area contributed by atoms with Gasteiger partial charge in [0.1, 0.15) is 5.82 Å². The second-order valence-corrected chi connectivity index (χ2v) is 5.71. The molecular formula is C13H19FN2. The summed E-state index contributed by atoms with van der Waals surface area (Å²) in [5.41, 5.74) is 6.69. The molecule has 1 aliphatic carbocycles. The Morgan fingerprint density at radius 2 is 2.12 bits per heavy atom. The van der Waals surface area contributed by atoms with Gasteiger partial charge in [-0.1, -0.05) is 20.3 Å². The topological polar surface area (TPSA) is 38.9 Å². The number of hydrogen-bond acceptors (Lipinski definition) is 2. The van der Waals surface area contributed by atoms with Crippen molar-refractivity contribution in [2.45, 2.75) is 45.1 Å². The van der Waals surface area contributed by atoms with Gasteiger partial charge in [-0.3, -0.25) is 4.98 Å². The Morgan fingerprint density at radius 3 is 2.75 bits per heavy atom. The molecule has 1 aromatic heterocycles. The molecule has 2 N–H and O–H groups in total. The molecule has 1 unspecified atom stereocenters. The minimum Gasteiger partial charge on any atom is -0.321 e. The Balaban J connectivity index is 2.35. The van der Waals surface area contributed by atoms with E-state index < -0.39 is 5.54 Å². The van der Waals surface area contributed by atoms with E-state index in [1.165, 1.54) is 12.6 Å². The summed E-state index contributed by atoms with van der Waals surface area (Å²) in [4.78, 5) is 3.78. The molecule has 0 saturated heterocycles. The van der Waals surface area contributed by atoms with Crippen LogP contribution < -0.4 is 5.73 Å². The summed E-state index contributed by atoms with van der Waals surface area (Å²) in [5.74, 6) is -0.275. The lowest BCUT2D eigenvalue weighted by Crippen LogP contribution is -2.44. The number of nitrogens with two attached hydrogens (primary N) is 1. The molecule has 1 heterocycles. The molecule has 0 amide bonds. The number of rotatable bonds is 1. The monoisotopic (exact) mass is 222 g/mol. The molecule has 0 aliphatic heterocycles. The summed E-state index contributed by atoms with van der Waals surface area (Å²) in [7, 11) is 0. The van der Waals surface area contributed by atoms with Crippen LogP contribution in [0.5, 0.6) is 0 Å². The lowest BCUT2D eigenvalue weighted by molar-refractivity contribution is 0.148. The van der Waals surface area contributed by atoms with E-state index in [2.05, 4.69) is 18.8 Å². The first kappa shape index (κ1) is 11.5. The van der Waals surface area contributed by atoms with E-state index in [4.69, 9.17) is 5.73 Å². The van der Waals surface area contributed by atoms with Crippen LogP contribution in [0.4, 0.5) is 4.39 Å². The van der Waals surface area contributed by atoms with Crippen molar-refractivity contribution < 1.29 is 4.39 Å². The van der Waals surface area contributed by atoms with Crippen LogP contribution in [0.2, 0.25) is 0 Å². The van der Waals surface area contributed by atoms with Crippen molar-refractivity contribution in [3.63, 3.8) is 0 Å². The van der Waals surface area contributed by atoms with Crippen LogP contribution >= 0.6 is 0 Å². The van der Waals surface area contributed by atoms with Crippen LogP contribution in [-0.4, -0.2) is 4.98 Å². The molecule has 2 nitrogen and oxygen atoms in total. The SMILES string of the molecule is CC1(C)CCCC(N)(c2ccncc2F)C1. The van der Waals surface area contributed by atoms with Crippen LogP contribution in [0, 0.1) is 11.2 Å². The van der Waals surface area contributed by atoms with E-state index in [0.29, 0.717) is 5.56 Å². The summed E-state index contributed by atoms with van der Waals surface area (Å²) in [6.45, 7) is 4.40. The normalized spacial score (nSPS) is 29.0. The van der Waals surface area contributed by atoms with Crippen molar-refractivity contribution in [1.82, 2.24) is 4.98 Å². The highest BCUT2D eigenvalue weighted by Gasteiger charge is 2.39. The summed E-state index contributed by atoms with van der Waals surface area (Å²) >= 11 is 0. The van der Waals surface area contributed by atoms with Crippen LogP contribution in [0.1, 0.15) is 45.1 Å². The molecule has 0 aromatic carbocycles. The van der Waals surface area contributed by atoms with Gasteiger partial charge in [-0.15, -0.1) is 0 Å². The van der Waals surface area contributed by atoms with Crippen molar-refractivity contribution in [2.75, 3.05) is 0 Å². The molecule has 88 valence electrons. The van der Waals surface area contributed by atoms with Crippen LogP contribution in [0.15, 0.2) is 18.5 Å². The standard InChI is InChI=1S/C13H19FN2/c1-12(2)5-3-6-13(15,9-12)10-4-7-16-8-11(10)14/h4,7-8H,3,5-6,9,15H2,1-2H3. The van der Waals surface area contributed by atoms with Crippen LogP contribution in [-0.2, 0) is 5.54 Å². The minimum absolute atomic E-state index is 0.197. The fourth-order valence-electron chi connectivity index (χ4n) is 2.92. The molecule has 3 heteroatoms. The quantitative estimate of drug-likeness (QED) is 0.793. The Morgan fingerprint density at radius 1 is 1.38 bits per heavy atom. The van der Waals surface area contributed by atoms with Gasteiger partial charge in [-0.2, -0.15) is 0 Å². The molecule has 16 heavy (non-hydrogen) atoms. The lowest BCUT2D eigenvalue weighted by atomic mass is 9.66. The Bertz CT molecular complexity index is 389. The maximum atomic E-state index is 13.7. The second-order valence-electron chi connectivity index (χ2n) is 5.71. The summed E-state index contributed by atoms with van der Waals surface area (Å²) in [6.07, 6.45) is 6.79. The van der Waals surface area contributed by atoms with E-state index >= 15 is 0 Å². The zero-order valence-corrected chi connectivity index (χ0v) is 9.96. The minimum atomic E-state index is -0.519. The zero-order valence-electron chi connectivity index (χ0n) is 9.96. The first-order chi connectivity index (χ1) is 7.43. The van der Waals surface area contributed by atoms with Gasteiger partial charge in [-0.05, 0) is 30.7 Å². The third kappa shape index (κ3) is 2.09. The smallest absolute Gasteiger partial charge is 0.146 e. The Hall–Kier alpha value is -0.960. The molecule has 0 radical (unpaired) electrons. The molecule has 0 bridgehead atoms. The van der Waals surface area contributed by atoms with E-state index in [1.54, 1.807) is 12.3 Å². The van der Waals surface area contributed by atoms with Gasteiger partial charge in [0, 0.05) is 17.3 Å². The molecular weight excluding hydrogens is 203 g/mol. The first-order valence-corrected chi connectivity index (χ1v) is 5.82.